The number of nitrogens with zero attached hydrogens (tertiary/aromatic N) is 3. The van der Waals surface area contributed by atoms with Crippen molar-refractivity contribution in [3.8, 4) is 0 Å². The third kappa shape index (κ3) is 5.58. The molecule has 3 nitrogen and oxygen atoms in total. The average Bonchev–Trinajstić information content (AvgIpc) is 3.51. The molecule has 2 aliphatic rings. The Kier molecular flexibility index (Phi) is 7.83. The number of hydrogen-bond donors (Lipinski definition) is 0. The fraction of sp³-hybridized carbons (Fsp3) is 0.143. The molecular weight excluding hydrogens is 546 g/mol. The lowest BCUT2D eigenvalue weighted by Crippen LogP contribution is -2.34. The summed E-state index contributed by atoms with van der Waals surface area (Å²) in [6.45, 7) is 2.98. The van der Waals surface area contributed by atoms with E-state index in [-0.39, 0.29) is 11.8 Å². The van der Waals surface area contributed by atoms with E-state index in [0.717, 1.165) is 6.67 Å². The number of aryl methyl sites for hydroxylation is 1. The first-order valence-electron chi connectivity index (χ1n) is 15.7. The Balaban J connectivity index is 1.52. The molecule has 0 saturated heterocycles. The van der Waals surface area contributed by atoms with Crippen molar-refractivity contribution in [1.29, 1.82) is 0 Å². The Labute approximate surface area is 267 Å². The number of hydrogen-bond acceptors (Lipinski definition) is 3. The minimum absolute atomic E-state index is 0.0590. The maximum atomic E-state index is 2.49. The number of rotatable bonds is 8. The van der Waals surface area contributed by atoms with Crippen LogP contribution in [0.25, 0.3) is 0 Å². The third-order valence-electron chi connectivity index (χ3n) is 8.89. The largest absolute Gasteiger partial charge is 0.364 e. The molecule has 5 aromatic rings. The summed E-state index contributed by atoms with van der Waals surface area (Å²) >= 11 is 0. The lowest BCUT2D eigenvalue weighted by atomic mass is 9.78. The minimum atomic E-state index is 0.0590. The van der Waals surface area contributed by atoms with Gasteiger partial charge in [-0.2, -0.15) is 0 Å². The van der Waals surface area contributed by atoms with Crippen LogP contribution in [0.3, 0.4) is 0 Å². The lowest BCUT2D eigenvalue weighted by molar-refractivity contribution is 0.329. The van der Waals surface area contributed by atoms with Crippen molar-refractivity contribution in [3.05, 3.63) is 208 Å². The van der Waals surface area contributed by atoms with Gasteiger partial charge in [0, 0.05) is 32.1 Å². The first kappa shape index (κ1) is 28.5. The highest BCUT2D eigenvalue weighted by Crippen LogP contribution is 2.47. The van der Waals surface area contributed by atoms with Crippen molar-refractivity contribution >= 4 is 5.69 Å². The Morgan fingerprint density at radius 1 is 0.600 bits per heavy atom. The van der Waals surface area contributed by atoms with Crippen LogP contribution in [0.5, 0.6) is 0 Å². The normalized spacial score (nSPS) is 14.1. The van der Waals surface area contributed by atoms with Gasteiger partial charge in [-0.3, -0.25) is 0 Å². The quantitative estimate of drug-likeness (QED) is 0.168. The molecule has 0 aliphatic carbocycles. The molecule has 0 radical (unpaired) electrons. The number of fused-ring (bicyclic) bond motifs is 1. The van der Waals surface area contributed by atoms with Crippen LogP contribution in [0.1, 0.15) is 50.8 Å². The second-order valence-electron chi connectivity index (χ2n) is 12.2. The molecular formula is C42H39N3. The van der Waals surface area contributed by atoms with Crippen LogP contribution >= 0.6 is 0 Å². The van der Waals surface area contributed by atoms with Gasteiger partial charge in [-0.25, -0.2) is 0 Å². The van der Waals surface area contributed by atoms with Gasteiger partial charge in [-0.05, 0) is 52.5 Å². The van der Waals surface area contributed by atoms with Gasteiger partial charge in [0.05, 0.1) is 11.4 Å². The van der Waals surface area contributed by atoms with E-state index >= 15 is 0 Å². The van der Waals surface area contributed by atoms with E-state index in [4.69, 9.17) is 0 Å². The van der Waals surface area contributed by atoms with Gasteiger partial charge < -0.3 is 14.7 Å². The monoisotopic (exact) mass is 585 g/mol. The molecule has 0 saturated carbocycles. The Hall–Kier alpha value is -5.28. The number of benzene rings is 5. The molecule has 0 N–H and O–H groups in total. The molecule has 0 spiro atoms. The minimum Gasteiger partial charge on any atom is -0.364 e. The molecule has 222 valence electrons. The van der Waals surface area contributed by atoms with Crippen LogP contribution in [-0.4, -0.2) is 30.6 Å². The fourth-order valence-corrected chi connectivity index (χ4v) is 6.98. The van der Waals surface area contributed by atoms with E-state index in [1.54, 1.807) is 0 Å². The molecule has 3 heteroatoms. The Morgan fingerprint density at radius 2 is 1.02 bits per heavy atom. The fourth-order valence-electron chi connectivity index (χ4n) is 6.98. The Bertz CT molecular complexity index is 1670. The van der Waals surface area contributed by atoms with Crippen LogP contribution in [0.15, 0.2) is 169 Å². The molecule has 0 bridgehead atoms. The highest BCUT2D eigenvalue weighted by atomic mass is 15.4. The predicted octanol–water partition coefficient (Wildman–Crippen LogP) is 9.25. The number of anilines is 1. The average molecular weight is 586 g/mol. The SMILES string of the molecule is Cc1cc(C(c2ccccc2)c2ccccc2)c(N2C=C3C=CC=C(N(C)C)N3C2)c(C(c2ccccc2)c2ccccc2)c1. The summed E-state index contributed by atoms with van der Waals surface area (Å²) in [5.74, 6) is 1.30. The van der Waals surface area contributed by atoms with Crippen molar-refractivity contribution in [1.82, 2.24) is 9.80 Å². The third-order valence-corrected chi connectivity index (χ3v) is 8.89. The topological polar surface area (TPSA) is 9.72 Å². The summed E-state index contributed by atoms with van der Waals surface area (Å²) in [5.41, 5.74) is 11.5. The van der Waals surface area contributed by atoms with Crippen LogP contribution in [-0.2, 0) is 0 Å². The van der Waals surface area contributed by atoms with Crippen molar-refractivity contribution in [2.45, 2.75) is 18.8 Å². The summed E-state index contributed by atoms with van der Waals surface area (Å²) in [5, 5.41) is 0. The van der Waals surface area contributed by atoms with Crippen LogP contribution < -0.4 is 4.90 Å². The summed E-state index contributed by atoms with van der Waals surface area (Å²) in [6.07, 6.45) is 8.92. The van der Waals surface area contributed by atoms with Crippen LogP contribution in [0.4, 0.5) is 5.69 Å². The maximum absolute atomic E-state index is 2.49. The van der Waals surface area contributed by atoms with E-state index in [1.807, 2.05) is 0 Å². The molecule has 0 amide bonds. The zero-order valence-corrected chi connectivity index (χ0v) is 26.2. The molecule has 0 atom stereocenters. The van der Waals surface area contributed by atoms with Crippen molar-refractivity contribution in [2.75, 3.05) is 25.7 Å². The van der Waals surface area contributed by atoms with E-state index < -0.39 is 0 Å². The van der Waals surface area contributed by atoms with Gasteiger partial charge in [0.25, 0.3) is 0 Å². The highest BCUT2D eigenvalue weighted by molar-refractivity contribution is 5.72. The van der Waals surface area contributed by atoms with Gasteiger partial charge in [0.1, 0.15) is 12.5 Å². The van der Waals surface area contributed by atoms with Gasteiger partial charge in [0.2, 0.25) is 0 Å². The predicted molar refractivity (Wildman–Crippen MR) is 187 cm³/mol. The highest BCUT2D eigenvalue weighted by Gasteiger charge is 2.33. The summed E-state index contributed by atoms with van der Waals surface area (Å²) < 4.78 is 0. The van der Waals surface area contributed by atoms with E-state index in [0.29, 0.717) is 0 Å². The first-order valence-corrected chi connectivity index (χ1v) is 15.7. The second kappa shape index (κ2) is 12.4. The molecule has 2 heterocycles. The second-order valence-corrected chi connectivity index (χ2v) is 12.2. The maximum Gasteiger partial charge on any atom is 0.109 e. The molecule has 0 aromatic heterocycles. The molecule has 0 unspecified atom stereocenters. The van der Waals surface area contributed by atoms with Crippen molar-refractivity contribution < 1.29 is 0 Å². The van der Waals surface area contributed by atoms with Crippen molar-refractivity contribution in [3.63, 3.8) is 0 Å². The van der Waals surface area contributed by atoms with E-state index in [2.05, 4.69) is 194 Å². The smallest absolute Gasteiger partial charge is 0.109 e. The molecule has 0 fully saturated rings. The molecule has 7 rings (SSSR count). The van der Waals surface area contributed by atoms with Gasteiger partial charge >= 0.3 is 0 Å². The zero-order chi connectivity index (χ0) is 30.8. The zero-order valence-electron chi connectivity index (χ0n) is 26.2. The molecule has 5 aromatic carbocycles. The Morgan fingerprint density at radius 3 is 1.42 bits per heavy atom. The summed E-state index contributed by atoms with van der Waals surface area (Å²) in [6, 6.07) is 48.8. The van der Waals surface area contributed by atoms with Gasteiger partial charge in [-0.15, -0.1) is 0 Å². The van der Waals surface area contributed by atoms with Crippen molar-refractivity contribution in [2.24, 2.45) is 0 Å². The van der Waals surface area contributed by atoms with E-state index in [9.17, 15) is 0 Å². The summed E-state index contributed by atoms with van der Waals surface area (Å²) in [4.78, 5) is 7.10. The lowest BCUT2D eigenvalue weighted by Gasteiger charge is -2.34. The summed E-state index contributed by atoms with van der Waals surface area (Å²) in [7, 11) is 4.24. The van der Waals surface area contributed by atoms with Gasteiger partial charge in [-0.1, -0.05) is 145 Å². The van der Waals surface area contributed by atoms with Gasteiger partial charge in [0.15, 0.2) is 0 Å². The molecule has 2 aliphatic heterocycles. The standard InChI is InChI=1S/C42H39N3/c1-31-27-37(40(32-17-8-4-9-18-32)33-19-10-5-11-20-33)42(44-29-36-25-16-26-39(43(2)3)45(36)30-44)38(28-31)41(34-21-12-6-13-22-34)35-23-14-7-15-24-35/h4-29,40-41H,30H2,1-3H3. The molecule has 45 heavy (non-hydrogen) atoms. The number of allylic oxidation sites excluding steroid dienone is 3. The first-order chi connectivity index (χ1) is 22.1. The van der Waals surface area contributed by atoms with E-state index in [1.165, 1.54) is 56.1 Å². The van der Waals surface area contributed by atoms with Crippen LogP contribution in [0, 0.1) is 6.92 Å². The van der Waals surface area contributed by atoms with Crippen LogP contribution in [0.2, 0.25) is 0 Å².